The minimum atomic E-state index is -0.442. The van der Waals surface area contributed by atoms with E-state index < -0.39 is 5.91 Å². The quantitative estimate of drug-likeness (QED) is 0.626. The molecule has 10 nitrogen and oxygen atoms in total. The summed E-state index contributed by atoms with van der Waals surface area (Å²) in [5.74, 6) is 0.924. The molecule has 0 atom stereocenters. The van der Waals surface area contributed by atoms with E-state index in [2.05, 4.69) is 20.8 Å². The van der Waals surface area contributed by atoms with Crippen molar-refractivity contribution >= 4 is 34.7 Å². The third kappa shape index (κ3) is 5.72. The number of piperidine rings is 1. The van der Waals surface area contributed by atoms with Crippen LogP contribution in [0.25, 0.3) is 0 Å². The third-order valence-electron chi connectivity index (χ3n) is 6.78. The number of anilines is 1. The van der Waals surface area contributed by atoms with Gasteiger partial charge >= 0.3 is 0 Å². The number of aromatic nitrogens is 2. The monoisotopic (exact) mass is 499 g/mol. The first-order chi connectivity index (χ1) is 17.0. The topological polar surface area (TPSA) is 123 Å². The number of hydrogen-bond donors (Lipinski definition) is 2. The van der Waals surface area contributed by atoms with Crippen LogP contribution in [0, 0.1) is 5.92 Å². The molecule has 35 heavy (non-hydrogen) atoms. The number of nitrogens with one attached hydrogen (secondary N) is 2. The van der Waals surface area contributed by atoms with Gasteiger partial charge in [-0.3, -0.25) is 14.4 Å². The van der Waals surface area contributed by atoms with Crippen molar-refractivity contribution in [2.75, 3.05) is 25.2 Å². The van der Waals surface area contributed by atoms with Gasteiger partial charge in [-0.05, 0) is 43.7 Å². The summed E-state index contributed by atoms with van der Waals surface area (Å²) < 4.78 is 10.6. The molecule has 186 valence electrons. The molecule has 2 aromatic rings. The van der Waals surface area contributed by atoms with Crippen molar-refractivity contribution in [3.8, 4) is 11.5 Å². The van der Waals surface area contributed by atoms with E-state index in [1.165, 1.54) is 19.3 Å². The second-order valence-electron chi connectivity index (χ2n) is 9.28. The van der Waals surface area contributed by atoms with E-state index in [-0.39, 0.29) is 34.5 Å². The van der Waals surface area contributed by atoms with Crippen LogP contribution in [0.5, 0.6) is 11.5 Å². The van der Waals surface area contributed by atoms with E-state index in [9.17, 15) is 14.4 Å². The predicted octanol–water partition coefficient (Wildman–Crippen LogP) is 3.21. The molecule has 11 heteroatoms. The Morgan fingerprint density at radius 2 is 1.71 bits per heavy atom. The zero-order valence-electron chi connectivity index (χ0n) is 19.5. The Morgan fingerprint density at radius 3 is 2.51 bits per heavy atom. The molecule has 1 aromatic heterocycles. The number of fused-ring (bicyclic) bond motifs is 1. The van der Waals surface area contributed by atoms with E-state index in [4.69, 9.17) is 9.47 Å². The average molecular weight is 500 g/mol. The van der Waals surface area contributed by atoms with Crippen LogP contribution in [-0.4, -0.2) is 58.7 Å². The van der Waals surface area contributed by atoms with Crippen LogP contribution in [0.1, 0.15) is 71.0 Å². The van der Waals surface area contributed by atoms with Crippen LogP contribution in [0.4, 0.5) is 5.69 Å². The number of rotatable bonds is 6. The highest BCUT2D eigenvalue weighted by atomic mass is 32.1. The van der Waals surface area contributed by atoms with Crippen LogP contribution in [-0.2, 0) is 4.79 Å². The molecular formula is C24H29N5O5S. The van der Waals surface area contributed by atoms with Crippen molar-refractivity contribution in [2.24, 2.45) is 5.92 Å². The maximum atomic E-state index is 12.9. The molecule has 3 amide bonds. The predicted molar refractivity (Wildman–Crippen MR) is 129 cm³/mol. The number of carbonyl (C=O) groups is 3. The van der Waals surface area contributed by atoms with Crippen LogP contribution < -0.4 is 20.1 Å². The summed E-state index contributed by atoms with van der Waals surface area (Å²) >= 11 is 0.973. The molecule has 5 rings (SSSR count). The highest BCUT2D eigenvalue weighted by Crippen LogP contribution is 2.34. The lowest BCUT2D eigenvalue weighted by molar-refractivity contribution is -0.123. The Labute approximate surface area is 207 Å². The first kappa shape index (κ1) is 23.5. The van der Waals surface area contributed by atoms with Gasteiger partial charge in [0, 0.05) is 37.3 Å². The first-order valence-electron chi connectivity index (χ1n) is 12.2. The summed E-state index contributed by atoms with van der Waals surface area (Å²) in [4.78, 5) is 39.6. The largest absolute Gasteiger partial charge is 0.454 e. The highest BCUT2D eigenvalue weighted by molar-refractivity contribution is 7.15. The zero-order chi connectivity index (χ0) is 24.2. The fraction of sp³-hybridized carbons (Fsp3) is 0.542. The van der Waals surface area contributed by atoms with Gasteiger partial charge in [0.2, 0.25) is 22.7 Å². The highest BCUT2D eigenvalue weighted by Gasteiger charge is 2.28. The summed E-state index contributed by atoms with van der Waals surface area (Å²) in [6.45, 7) is 1.29. The lowest BCUT2D eigenvalue weighted by Crippen LogP contribution is -2.41. The third-order valence-corrected chi connectivity index (χ3v) is 7.69. The maximum Gasteiger partial charge on any atom is 0.286 e. The van der Waals surface area contributed by atoms with Gasteiger partial charge < -0.3 is 25.0 Å². The van der Waals surface area contributed by atoms with Gasteiger partial charge in [-0.15, -0.1) is 10.2 Å². The molecule has 1 aliphatic carbocycles. The number of nitrogens with zero attached hydrogens (tertiary/aromatic N) is 3. The van der Waals surface area contributed by atoms with Gasteiger partial charge in [0.05, 0.1) is 0 Å². The molecule has 1 aromatic carbocycles. The van der Waals surface area contributed by atoms with Crippen LogP contribution in [0.3, 0.4) is 0 Å². The second-order valence-corrected chi connectivity index (χ2v) is 10.3. The Hall–Kier alpha value is -3.21. The summed E-state index contributed by atoms with van der Waals surface area (Å²) in [6, 6.07) is 5.42. The van der Waals surface area contributed by atoms with Crippen molar-refractivity contribution in [3.63, 3.8) is 0 Å². The van der Waals surface area contributed by atoms with Crippen molar-refractivity contribution in [1.29, 1.82) is 0 Å². The fourth-order valence-corrected chi connectivity index (χ4v) is 5.54. The van der Waals surface area contributed by atoms with Gasteiger partial charge in [-0.25, -0.2) is 0 Å². The summed E-state index contributed by atoms with van der Waals surface area (Å²) in [5, 5.41) is 14.1. The van der Waals surface area contributed by atoms with Crippen LogP contribution in [0.15, 0.2) is 18.2 Å². The summed E-state index contributed by atoms with van der Waals surface area (Å²) in [6.07, 6.45) is 7.88. The minimum Gasteiger partial charge on any atom is -0.454 e. The van der Waals surface area contributed by atoms with Gasteiger partial charge in [-0.1, -0.05) is 30.6 Å². The second kappa shape index (κ2) is 10.6. The molecule has 3 aliphatic rings. The van der Waals surface area contributed by atoms with Gasteiger partial charge in [0.25, 0.3) is 11.8 Å². The van der Waals surface area contributed by atoms with Crippen LogP contribution >= 0.6 is 11.3 Å². The normalized spacial score (nSPS) is 18.3. The Morgan fingerprint density at radius 1 is 0.971 bits per heavy atom. The van der Waals surface area contributed by atoms with Crippen LogP contribution in [0.2, 0.25) is 0 Å². The molecule has 0 radical (unpaired) electrons. The maximum absolute atomic E-state index is 12.9. The van der Waals surface area contributed by atoms with Gasteiger partial charge in [0.15, 0.2) is 11.5 Å². The van der Waals surface area contributed by atoms with E-state index in [1.807, 2.05) is 0 Å². The summed E-state index contributed by atoms with van der Waals surface area (Å²) in [7, 11) is 0. The SMILES string of the molecule is O=C(CC1CCN(C(=O)c2nnc(C(=O)Nc3ccc4c(c3)OCO4)s2)CC1)NC1CCCCC1. The number of carbonyl (C=O) groups excluding carboxylic acids is 3. The van der Waals surface area contributed by atoms with E-state index in [0.29, 0.717) is 42.7 Å². The van der Waals surface area contributed by atoms with Gasteiger partial charge in [0.1, 0.15) is 0 Å². The van der Waals surface area contributed by atoms with E-state index >= 15 is 0 Å². The minimum absolute atomic E-state index is 0.111. The van der Waals surface area contributed by atoms with Gasteiger partial charge in [-0.2, -0.15) is 0 Å². The van der Waals surface area contributed by atoms with E-state index in [1.54, 1.807) is 23.1 Å². The number of likely N-dealkylation sites (tertiary alicyclic amines) is 1. The van der Waals surface area contributed by atoms with E-state index in [0.717, 1.165) is 37.0 Å². The number of hydrogen-bond acceptors (Lipinski definition) is 8. The number of benzene rings is 1. The Bertz CT molecular complexity index is 1090. The average Bonchev–Trinajstić information content (AvgIpc) is 3.54. The summed E-state index contributed by atoms with van der Waals surface area (Å²) in [5.41, 5.74) is 0.539. The van der Waals surface area contributed by atoms with Crippen molar-refractivity contribution < 1.29 is 23.9 Å². The Balaban J connectivity index is 1.09. The molecule has 1 saturated heterocycles. The lowest BCUT2D eigenvalue weighted by Gasteiger charge is -2.31. The molecule has 0 spiro atoms. The molecule has 3 heterocycles. The number of amides is 3. The zero-order valence-corrected chi connectivity index (χ0v) is 20.3. The molecule has 0 bridgehead atoms. The molecule has 2 aliphatic heterocycles. The van der Waals surface area contributed by atoms with Crippen molar-refractivity contribution in [1.82, 2.24) is 20.4 Å². The Kier molecular flexibility index (Phi) is 7.12. The van der Waals surface area contributed by atoms with Crippen molar-refractivity contribution in [2.45, 2.75) is 57.4 Å². The smallest absolute Gasteiger partial charge is 0.286 e. The molecule has 0 unspecified atom stereocenters. The molecule has 2 fully saturated rings. The fourth-order valence-electron chi connectivity index (χ4n) is 4.83. The molecular weight excluding hydrogens is 470 g/mol. The number of ether oxygens (including phenoxy) is 2. The standard InChI is InChI=1S/C24H29N5O5S/c30-20(25-16-4-2-1-3-5-16)12-15-8-10-29(11-9-15)24(32)23-28-27-22(35-23)21(31)26-17-6-7-18-19(13-17)34-14-33-18/h6-7,13,15-16H,1-5,8-12,14H2,(H,25,30)(H,26,31). The lowest BCUT2D eigenvalue weighted by atomic mass is 9.92. The first-order valence-corrected chi connectivity index (χ1v) is 13.0. The molecule has 1 saturated carbocycles. The van der Waals surface area contributed by atoms with Crippen molar-refractivity contribution in [3.05, 3.63) is 28.2 Å². The molecule has 2 N–H and O–H groups in total.